The molecule has 0 saturated carbocycles. The summed E-state index contributed by atoms with van der Waals surface area (Å²) >= 11 is 6.99. The Hall–Kier alpha value is -16.4. The first-order valence-electron chi connectivity index (χ1n) is 46.0. The van der Waals surface area contributed by atoms with Crippen LogP contribution in [-0.4, -0.2) is 39.0 Å². The Labute approximate surface area is 780 Å². The molecule has 618 valence electrons. The molecule has 0 aliphatic carbocycles. The maximum atomic E-state index is 9.50. The Kier molecular flexibility index (Phi) is 16.4. The molecule has 133 heavy (non-hydrogen) atoms. The van der Waals surface area contributed by atoms with Gasteiger partial charge in [-0.1, -0.05) is 364 Å². The monoisotopic (exact) mass is 1770 g/mol. The van der Waals surface area contributed by atoms with Crippen LogP contribution in [0.1, 0.15) is 4.11 Å². The van der Waals surface area contributed by atoms with Gasteiger partial charge in [-0.2, -0.15) is 0 Å². The van der Waals surface area contributed by atoms with Crippen molar-refractivity contribution in [3.63, 3.8) is 0 Å². The molecule has 1 aliphatic heterocycles. The van der Waals surface area contributed by atoms with Gasteiger partial charge in [0.2, 0.25) is 17.8 Å². The molecular weight excluding hydrogens is 1700 g/mol. The largest absolute Gasteiger partial charge is 0.276 e. The van der Waals surface area contributed by atoms with Crippen LogP contribution in [0.15, 0.2) is 423 Å². The van der Waals surface area contributed by atoms with Gasteiger partial charge in [0.25, 0.3) is 0 Å². The van der Waals surface area contributed by atoms with Gasteiger partial charge in [-0.15, -0.1) is 34.0 Å². The minimum absolute atomic E-state index is 0.455. The minimum Gasteiger partial charge on any atom is -0.276 e. The Morgan fingerprint density at radius 3 is 1.15 bits per heavy atom. The van der Waals surface area contributed by atoms with Gasteiger partial charge in [-0.05, 0) is 131 Å². The quantitative estimate of drug-likeness (QED) is 0.152. The number of hydrogen-bond donors (Lipinski definition) is 0. The number of thiophene rings is 3. The van der Waals surface area contributed by atoms with Gasteiger partial charge in [0, 0.05) is 117 Å². The van der Waals surface area contributed by atoms with Crippen molar-refractivity contribution in [3.05, 3.63) is 419 Å². The van der Waals surface area contributed by atoms with Gasteiger partial charge < -0.3 is 0 Å². The van der Waals surface area contributed by atoms with Crippen LogP contribution in [0.25, 0.3) is 258 Å². The predicted octanol–water partition coefficient (Wildman–Crippen LogP) is 33.9. The highest BCUT2D eigenvalue weighted by molar-refractivity contribution is 8.01. The Morgan fingerprint density at radius 1 is 0.226 bits per heavy atom. The number of para-hydroxylation sites is 3. The van der Waals surface area contributed by atoms with E-state index in [4.69, 9.17) is 32.6 Å². The molecule has 13 heteroatoms. The van der Waals surface area contributed by atoms with Crippen molar-refractivity contribution in [1.82, 2.24) is 39.0 Å². The van der Waals surface area contributed by atoms with Crippen LogP contribution >= 0.6 is 46.0 Å². The number of fused-ring (bicyclic) bond motifs is 39. The molecule has 1 aliphatic rings. The zero-order valence-corrected chi connectivity index (χ0v) is 74.0. The molecule has 30 rings (SSSR count). The highest BCUT2D eigenvalue weighted by atomic mass is 32.2. The molecule has 0 bridgehead atoms. The van der Waals surface area contributed by atoms with E-state index >= 15 is 0 Å². The summed E-state index contributed by atoms with van der Waals surface area (Å²) in [6.45, 7) is 0. The van der Waals surface area contributed by atoms with Gasteiger partial charge >= 0.3 is 0 Å². The van der Waals surface area contributed by atoms with Gasteiger partial charge in [0.15, 0.2) is 0 Å². The van der Waals surface area contributed by atoms with Gasteiger partial charge in [0.05, 0.1) is 79.6 Å². The van der Waals surface area contributed by atoms with Crippen LogP contribution in [0.3, 0.4) is 0 Å². The summed E-state index contributed by atoms with van der Waals surface area (Å²) in [5.74, 6) is 1.87. The van der Waals surface area contributed by atoms with E-state index in [1.807, 2.05) is 102 Å². The Balaban J connectivity index is 0.000000101. The number of aromatic nitrogens is 8. The minimum atomic E-state index is 0.455. The summed E-state index contributed by atoms with van der Waals surface area (Å²) in [6, 6.07) is 141. The van der Waals surface area contributed by atoms with E-state index in [2.05, 4.69) is 323 Å². The maximum absolute atomic E-state index is 9.50. The fourth-order valence-corrected chi connectivity index (χ4v) is 25.8. The molecule has 29 aromatic rings. The fourth-order valence-electron chi connectivity index (χ4n) is 20.9. The van der Waals surface area contributed by atoms with Gasteiger partial charge in [-0.25, -0.2) is 34.2 Å². The smallest absolute Gasteiger partial charge is 0.241 e. The summed E-state index contributed by atoms with van der Waals surface area (Å²) < 4.78 is 40.5. The van der Waals surface area contributed by atoms with Crippen molar-refractivity contribution in [2.45, 2.75) is 4.90 Å². The molecule has 9 nitrogen and oxygen atoms in total. The van der Waals surface area contributed by atoms with Crippen LogP contribution < -0.4 is 4.31 Å². The topological polar surface area (TPSA) is 90.4 Å². The zero-order valence-electron chi connectivity index (χ0n) is 73.8. The molecule has 0 radical (unpaired) electrons. The highest BCUT2D eigenvalue weighted by Crippen LogP contribution is 2.61. The molecule has 0 fully saturated rings. The van der Waals surface area contributed by atoms with Crippen molar-refractivity contribution >= 4 is 259 Å². The molecule has 21 aromatic carbocycles. The van der Waals surface area contributed by atoms with Crippen molar-refractivity contribution in [2.24, 2.45) is 0 Å². The standard InChI is InChI=1S/C40H23N3S2.2C40H23N3S/c1-2-13-25(14-3-1)37-29-18-8-10-20-31(29)41-40(42-37)43-38-36(35-26-15-5-4-12-24(26)22-23-33(35)45-43)28-17-7-6-16-27(28)34-30-19-9-11-21-32(30)44-39(34)38;2*1-2-13-25(14-3-1)37-29-18-8-10-20-31(29)41-40(42-37)43-32-23-22-24-12-4-5-15-26(24)35(32)36-28-17-7-6-16-27(28)34-30-19-9-11-21-33(30)44-39(34)38(36)43/h1-23H;2*1-23H/i9D;23D;21D. The van der Waals surface area contributed by atoms with Crippen LogP contribution in [0, 0.1) is 0 Å². The number of benzene rings is 21. The van der Waals surface area contributed by atoms with E-state index < -0.39 is 0 Å². The van der Waals surface area contributed by atoms with Crippen molar-refractivity contribution in [3.8, 4) is 56.8 Å². The third-order valence-corrected chi connectivity index (χ3v) is 31.1. The average molecular weight is 1770 g/mol. The molecule has 0 atom stereocenters. The number of anilines is 2. The summed E-state index contributed by atoms with van der Waals surface area (Å²) in [5, 5.41) is 28.9. The van der Waals surface area contributed by atoms with Crippen LogP contribution in [-0.2, 0) is 0 Å². The summed E-state index contributed by atoms with van der Waals surface area (Å²) in [7, 11) is 0. The summed E-state index contributed by atoms with van der Waals surface area (Å²) in [4.78, 5) is 33.0. The molecule has 9 heterocycles. The molecule has 0 amide bonds. The lowest BCUT2D eigenvalue weighted by molar-refractivity contribution is 1.02. The lowest BCUT2D eigenvalue weighted by Crippen LogP contribution is -2.16. The first-order chi connectivity index (χ1) is 67.2. The van der Waals surface area contributed by atoms with Crippen molar-refractivity contribution in [2.75, 3.05) is 4.31 Å². The fraction of sp³-hybridized carbons (Fsp3) is 0. The van der Waals surface area contributed by atoms with Gasteiger partial charge in [0.1, 0.15) is 0 Å². The molecule has 8 aromatic heterocycles. The molecule has 0 N–H and O–H groups in total. The third kappa shape index (κ3) is 11.6. The maximum Gasteiger partial charge on any atom is 0.241 e. The normalized spacial score (nSPS) is 12.6. The number of rotatable bonds is 6. The molecule has 0 saturated heterocycles. The SMILES string of the molecule is [2H]c1cc2ccccc2c2c3c4ccccc4c4c5ccccc5sc4c3n(-c3nc(-c4ccccc4)c4ccccc4n3)c12.[2H]c1ccc2sc3c4c(c5ccccc5c3c2c1)-c1c(ccc2ccccc12)SN4c1nc(-c2ccccc2)c2ccccc2n1.[2H]c1cccc2c1sc1c2c2ccccc2c2c3c4ccccc4ccc3n(-c3nc(-c4ccccc4)c4ccccc4n3)c12. The van der Waals surface area contributed by atoms with Crippen LogP contribution in [0.5, 0.6) is 0 Å². The highest BCUT2D eigenvalue weighted by Gasteiger charge is 2.35. The van der Waals surface area contributed by atoms with Crippen molar-refractivity contribution in [1.29, 1.82) is 0 Å². The van der Waals surface area contributed by atoms with Crippen LogP contribution in [0.4, 0.5) is 11.6 Å². The predicted molar refractivity (Wildman–Crippen MR) is 567 cm³/mol. The lowest BCUT2D eigenvalue weighted by atomic mass is 9.90. The number of nitrogens with zero attached hydrogens (tertiary/aromatic N) is 9. The molecule has 0 unspecified atom stereocenters. The summed E-state index contributed by atoms with van der Waals surface area (Å²) in [5.41, 5.74) is 16.1. The first kappa shape index (κ1) is 72.5. The van der Waals surface area contributed by atoms with E-state index in [0.29, 0.717) is 36.0 Å². The van der Waals surface area contributed by atoms with E-state index in [1.165, 1.54) is 121 Å². The van der Waals surface area contributed by atoms with Crippen molar-refractivity contribution < 1.29 is 4.11 Å². The molecular formula is C120H69N9S4. The summed E-state index contributed by atoms with van der Waals surface area (Å²) in [6.07, 6.45) is 0. The zero-order chi connectivity index (χ0) is 89.6. The van der Waals surface area contributed by atoms with E-state index in [9.17, 15) is 1.37 Å². The molecule has 0 spiro atoms. The lowest BCUT2D eigenvalue weighted by Gasteiger charge is -2.32. The second-order valence-electron chi connectivity index (χ2n) is 33.8. The first-order valence-corrected chi connectivity index (χ1v) is 47.7. The second-order valence-corrected chi connectivity index (χ2v) is 37.9. The van der Waals surface area contributed by atoms with E-state index in [0.717, 1.165) is 136 Å². The van der Waals surface area contributed by atoms with Gasteiger partial charge in [-0.3, -0.25) is 9.13 Å². The average Bonchev–Trinajstić information content (AvgIpc) is 1.46. The van der Waals surface area contributed by atoms with Crippen LogP contribution in [0.2, 0.25) is 0 Å². The number of hydrogen-bond acceptors (Lipinski definition) is 11. The second kappa shape index (κ2) is 30.1. The third-order valence-electron chi connectivity index (χ3n) is 26.6. The Bertz CT molecular complexity index is 10200. The Morgan fingerprint density at radius 2 is 0.594 bits per heavy atom. The van der Waals surface area contributed by atoms with E-state index in [-0.39, 0.29) is 0 Å². The van der Waals surface area contributed by atoms with E-state index in [1.54, 1.807) is 34.6 Å².